The summed E-state index contributed by atoms with van der Waals surface area (Å²) in [5.74, 6) is 1.71. The first-order valence-corrected chi connectivity index (χ1v) is 5.70. The molecule has 4 nitrogen and oxygen atoms in total. The monoisotopic (exact) mass is 223 g/mol. The zero-order chi connectivity index (χ0) is 11.8. The minimum absolute atomic E-state index is 0.820. The van der Waals surface area contributed by atoms with E-state index in [0.29, 0.717) is 0 Å². The number of rotatable bonds is 7. The lowest BCUT2D eigenvalue weighted by atomic mass is 10.4. The second-order valence-corrected chi connectivity index (χ2v) is 3.70. The molecule has 1 heterocycles. The number of likely N-dealkylation sites (N-methyl/N-ethyl adjacent to an activating group) is 1. The van der Waals surface area contributed by atoms with E-state index in [1.54, 1.807) is 13.3 Å². The van der Waals surface area contributed by atoms with Gasteiger partial charge in [-0.2, -0.15) is 0 Å². The topological polar surface area (TPSA) is 37.4 Å². The number of hydrogen-bond acceptors (Lipinski definition) is 4. The number of pyridine rings is 1. The summed E-state index contributed by atoms with van der Waals surface area (Å²) in [4.78, 5) is 6.42. The fourth-order valence-electron chi connectivity index (χ4n) is 1.48. The highest BCUT2D eigenvalue weighted by Crippen LogP contribution is 2.22. The molecule has 1 N–H and O–H groups in total. The highest BCUT2D eigenvalue weighted by Gasteiger charge is 2.07. The lowest BCUT2D eigenvalue weighted by Crippen LogP contribution is -2.30. The third kappa shape index (κ3) is 3.70. The van der Waals surface area contributed by atoms with E-state index >= 15 is 0 Å². The summed E-state index contributed by atoms with van der Waals surface area (Å²) in [6, 6.07) is 3.81. The first kappa shape index (κ1) is 12.8. The number of anilines is 1. The van der Waals surface area contributed by atoms with Crippen molar-refractivity contribution in [2.75, 3.05) is 38.7 Å². The van der Waals surface area contributed by atoms with E-state index in [-0.39, 0.29) is 0 Å². The van der Waals surface area contributed by atoms with Crippen molar-refractivity contribution < 1.29 is 4.74 Å². The van der Waals surface area contributed by atoms with Crippen LogP contribution < -0.4 is 15.0 Å². The Morgan fingerprint density at radius 3 is 2.94 bits per heavy atom. The van der Waals surface area contributed by atoms with E-state index < -0.39 is 0 Å². The van der Waals surface area contributed by atoms with Crippen molar-refractivity contribution in [3.8, 4) is 5.75 Å². The average Bonchev–Trinajstić information content (AvgIpc) is 2.34. The molecular weight excluding hydrogens is 202 g/mol. The molecule has 0 saturated carbocycles. The Balaban J connectivity index is 2.48. The summed E-state index contributed by atoms with van der Waals surface area (Å²) in [6.07, 6.45) is 2.95. The second-order valence-electron chi connectivity index (χ2n) is 3.70. The van der Waals surface area contributed by atoms with Crippen molar-refractivity contribution in [2.45, 2.75) is 13.3 Å². The van der Waals surface area contributed by atoms with Gasteiger partial charge in [-0.15, -0.1) is 0 Å². The lowest BCUT2D eigenvalue weighted by Gasteiger charge is -2.20. The van der Waals surface area contributed by atoms with Crippen molar-refractivity contribution in [2.24, 2.45) is 0 Å². The number of methoxy groups -OCH3 is 1. The molecule has 90 valence electrons. The van der Waals surface area contributed by atoms with E-state index in [9.17, 15) is 0 Å². The molecule has 1 aromatic rings. The molecule has 0 fully saturated rings. The van der Waals surface area contributed by atoms with Crippen LogP contribution in [-0.4, -0.2) is 38.8 Å². The highest BCUT2D eigenvalue weighted by molar-refractivity contribution is 5.51. The van der Waals surface area contributed by atoms with Crippen LogP contribution in [0.15, 0.2) is 18.3 Å². The summed E-state index contributed by atoms with van der Waals surface area (Å²) in [5.41, 5.74) is 0. The fourth-order valence-corrected chi connectivity index (χ4v) is 1.48. The predicted molar refractivity (Wildman–Crippen MR) is 67.2 cm³/mol. The Bertz CT molecular complexity index is 304. The Labute approximate surface area is 97.6 Å². The normalized spacial score (nSPS) is 10.2. The Morgan fingerprint density at radius 2 is 2.25 bits per heavy atom. The van der Waals surface area contributed by atoms with Crippen LogP contribution in [-0.2, 0) is 0 Å². The van der Waals surface area contributed by atoms with Gasteiger partial charge in [0.05, 0.1) is 7.11 Å². The predicted octanol–water partition coefficient (Wildman–Crippen LogP) is 1.53. The van der Waals surface area contributed by atoms with E-state index in [1.807, 2.05) is 19.2 Å². The standard InChI is InChI=1S/C12H21N3O/c1-4-7-13-9-10-15(2)12-11(16-3)6-5-8-14-12/h5-6,8,13H,4,7,9-10H2,1-3H3. The van der Waals surface area contributed by atoms with Gasteiger partial charge in [-0.1, -0.05) is 6.92 Å². The zero-order valence-corrected chi connectivity index (χ0v) is 10.4. The number of nitrogens with zero attached hydrogens (tertiary/aromatic N) is 2. The SMILES string of the molecule is CCCNCCN(C)c1ncccc1OC. The van der Waals surface area contributed by atoms with Crippen LogP contribution in [0.3, 0.4) is 0 Å². The van der Waals surface area contributed by atoms with Crippen LogP contribution in [0.2, 0.25) is 0 Å². The summed E-state index contributed by atoms with van der Waals surface area (Å²) in [6.45, 7) is 5.11. The second kappa shape index (κ2) is 7.06. The van der Waals surface area contributed by atoms with Crippen LogP contribution in [0.5, 0.6) is 5.75 Å². The first-order chi connectivity index (χ1) is 7.79. The number of aromatic nitrogens is 1. The van der Waals surface area contributed by atoms with Crippen LogP contribution in [0.1, 0.15) is 13.3 Å². The molecule has 0 bridgehead atoms. The minimum atomic E-state index is 0.820. The van der Waals surface area contributed by atoms with Gasteiger partial charge in [-0.3, -0.25) is 0 Å². The Hall–Kier alpha value is -1.29. The van der Waals surface area contributed by atoms with Crippen molar-refractivity contribution in [1.82, 2.24) is 10.3 Å². The van der Waals surface area contributed by atoms with Gasteiger partial charge in [0.25, 0.3) is 0 Å². The van der Waals surface area contributed by atoms with E-state index in [2.05, 4.69) is 22.1 Å². The third-order valence-electron chi connectivity index (χ3n) is 2.38. The molecular formula is C12H21N3O. The average molecular weight is 223 g/mol. The molecule has 0 spiro atoms. The molecule has 0 aliphatic carbocycles. The smallest absolute Gasteiger partial charge is 0.171 e. The van der Waals surface area contributed by atoms with Gasteiger partial charge in [0.2, 0.25) is 0 Å². The maximum absolute atomic E-state index is 5.27. The van der Waals surface area contributed by atoms with E-state index in [0.717, 1.165) is 37.6 Å². The van der Waals surface area contributed by atoms with Crippen molar-refractivity contribution in [1.29, 1.82) is 0 Å². The molecule has 0 unspecified atom stereocenters. The zero-order valence-electron chi connectivity index (χ0n) is 10.4. The maximum Gasteiger partial charge on any atom is 0.171 e. The largest absolute Gasteiger partial charge is 0.493 e. The highest BCUT2D eigenvalue weighted by atomic mass is 16.5. The Kier molecular flexibility index (Phi) is 5.64. The van der Waals surface area contributed by atoms with E-state index in [4.69, 9.17) is 4.74 Å². The van der Waals surface area contributed by atoms with Crippen LogP contribution in [0, 0.1) is 0 Å². The molecule has 4 heteroatoms. The Morgan fingerprint density at radius 1 is 1.44 bits per heavy atom. The third-order valence-corrected chi connectivity index (χ3v) is 2.38. The summed E-state index contributed by atoms with van der Waals surface area (Å²) >= 11 is 0. The fraction of sp³-hybridized carbons (Fsp3) is 0.583. The van der Waals surface area contributed by atoms with Crippen molar-refractivity contribution in [3.05, 3.63) is 18.3 Å². The molecule has 0 amide bonds. The molecule has 1 aromatic heterocycles. The van der Waals surface area contributed by atoms with E-state index in [1.165, 1.54) is 0 Å². The molecule has 0 aliphatic rings. The summed E-state index contributed by atoms with van der Waals surface area (Å²) in [7, 11) is 3.70. The first-order valence-electron chi connectivity index (χ1n) is 5.70. The van der Waals surface area contributed by atoms with Crippen molar-refractivity contribution in [3.63, 3.8) is 0 Å². The van der Waals surface area contributed by atoms with Gasteiger partial charge < -0.3 is 15.0 Å². The molecule has 0 radical (unpaired) electrons. The number of ether oxygens (including phenoxy) is 1. The summed E-state index contributed by atoms with van der Waals surface area (Å²) < 4.78 is 5.27. The van der Waals surface area contributed by atoms with Gasteiger partial charge >= 0.3 is 0 Å². The molecule has 0 saturated heterocycles. The van der Waals surface area contributed by atoms with Crippen LogP contribution in [0.4, 0.5) is 5.82 Å². The van der Waals surface area contributed by atoms with Gasteiger partial charge in [-0.25, -0.2) is 4.98 Å². The van der Waals surface area contributed by atoms with Crippen LogP contribution >= 0.6 is 0 Å². The van der Waals surface area contributed by atoms with Gasteiger partial charge in [-0.05, 0) is 25.1 Å². The molecule has 16 heavy (non-hydrogen) atoms. The van der Waals surface area contributed by atoms with Gasteiger partial charge in [0.15, 0.2) is 11.6 Å². The summed E-state index contributed by atoms with van der Waals surface area (Å²) in [5, 5.41) is 3.36. The quantitative estimate of drug-likeness (QED) is 0.711. The molecule has 0 aromatic carbocycles. The van der Waals surface area contributed by atoms with Gasteiger partial charge in [0.1, 0.15) is 0 Å². The lowest BCUT2D eigenvalue weighted by molar-refractivity contribution is 0.413. The maximum atomic E-state index is 5.27. The molecule has 0 aliphatic heterocycles. The van der Waals surface area contributed by atoms with Gasteiger partial charge in [0, 0.05) is 26.3 Å². The number of nitrogens with one attached hydrogen (secondary N) is 1. The van der Waals surface area contributed by atoms with Crippen LogP contribution in [0.25, 0.3) is 0 Å². The number of hydrogen-bond donors (Lipinski definition) is 1. The molecule has 0 atom stereocenters. The van der Waals surface area contributed by atoms with Crippen molar-refractivity contribution >= 4 is 5.82 Å². The molecule has 1 rings (SSSR count). The minimum Gasteiger partial charge on any atom is -0.493 e.